The lowest BCUT2D eigenvalue weighted by Gasteiger charge is -2.22. The number of nitrogens with two attached hydrogens (primary N) is 1. The highest BCUT2D eigenvalue weighted by molar-refractivity contribution is 5.97. The van der Waals surface area contributed by atoms with Gasteiger partial charge in [-0.15, -0.1) is 0 Å². The van der Waals surface area contributed by atoms with Crippen LogP contribution in [-0.2, 0) is 6.18 Å². The standard InChI is InChI=1S/C14H15F4NO/c15-11-4-3-9(7-10(11)14(16,17)18)12(20)8-13(19)5-1-2-6-13/h3-4,7H,1-2,5-6,8,19H2. The van der Waals surface area contributed by atoms with E-state index in [2.05, 4.69) is 0 Å². The highest BCUT2D eigenvalue weighted by atomic mass is 19.4. The Kier molecular flexibility index (Phi) is 3.86. The topological polar surface area (TPSA) is 43.1 Å². The van der Waals surface area contributed by atoms with Crippen LogP contribution in [-0.4, -0.2) is 11.3 Å². The van der Waals surface area contributed by atoms with Gasteiger partial charge >= 0.3 is 6.18 Å². The predicted molar refractivity (Wildman–Crippen MR) is 65.7 cm³/mol. The first-order valence-corrected chi connectivity index (χ1v) is 6.40. The van der Waals surface area contributed by atoms with Crippen LogP contribution in [0.3, 0.4) is 0 Å². The van der Waals surface area contributed by atoms with Crippen LogP contribution in [0.4, 0.5) is 17.6 Å². The minimum Gasteiger partial charge on any atom is -0.325 e. The van der Waals surface area contributed by atoms with Crippen LogP contribution in [0.2, 0.25) is 0 Å². The molecule has 1 fully saturated rings. The summed E-state index contributed by atoms with van der Waals surface area (Å²) in [6.45, 7) is 0. The van der Waals surface area contributed by atoms with Crippen molar-refractivity contribution in [2.45, 2.75) is 43.8 Å². The molecular formula is C14H15F4NO. The molecule has 0 aliphatic heterocycles. The van der Waals surface area contributed by atoms with Gasteiger partial charge in [-0.3, -0.25) is 4.79 Å². The molecule has 0 bridgehead atoms. The van der Waals surface area contributed by atoms with E-state index in [1.165, 1.54) is 0 Å². The number of rotatable bonds is 3. The van der Waals surface area contributed by atoms with Gasteiger partial charge in [0.2, 0.25) is 0 Å². The first-order chi connectivity index (χ1) is 9.21. The Morgan fingerprint density at radius 2 is 1.85 bits per heavy atom. The van der Waals surface area contributed by atoms with E-state index in [1.54, 1.807) is 0 Å². The van der Waals surface area contributed by atoms with Crippen molar-refractivity contribution in [1.29, 1.82) is 0 Å². The van der Waals surface area contributed by atoms with Crippen molar-refractivity contribution in [2.24, 2.45) is 5.73 Å². The van der Waals surface area contributed by atoms with Crippen LogP contribution in [0.25, 0.3) is 0 Å². The first kappa shape index (κ1) is 15.0. The van der Waals surface area contributed by atoms with Gasteiger partial charge in [0.05, 0.1) is 5.56 Å². The number of halogens is 4. The Bertz CT molecular complexity index is 518. The average Bonchev–Trinajstić information content (AvgIpc) is 2.74. The fourth-order valence-corrected chi connectivity index (χ4v) is 2.59. The molecule has 1 aliphatic rings. The van der Waals surface area contributed by atoms with Crippen molar-refractivity contribution >= 4 is 5.78 Å². The molecule has 2 N–H and O–H groups in total. The molecule has 20 heavy (non-hydrogen) atoms. The predicted octanol–water partition coefficient (Wildman–Crippen LogP) is 3.69. The molecule has 2 nitrogen and oxygen atoms in total. The van der Waals surface area contributed by atoms with Gasteiger partial charge in [0.15, 0.2) is 5.78 Å². The molecule has 0 atom stereocenters. The summed E-state index contributed by atoms with van der Waals surface area (Å²) in [6, 6.07) is 2.31. The molecule has 2 rings (SSSR count). The summed E-state index contributed by atoms with van der Waals surface area (Å²) in [4.78, 5) is 12.0. The second-order valence-electron chi connectivity index (χ2n) is 5.36. The van der Waals surface area contributed by atoms with Gasteiger partial charge in [-0.25, -0.2) is 4.39 Å². The largest absolute Gasteiger partial charge is 0.419 e. The maximum atomic E-state index is 13.2. The molecule has 1 aromatic carbocycles. The lowest BCUT2D eigenvalue weighted by Crippen LogP contribution is -2.38. The van der Waals surface area contributed by atoms with Gasteiger partial charge in [-0.2, -0.15) is 13.2 Å². The van der Waals surface area contributed by atoms with Crippen molar-refractivity contribution in [3.8, 4) is 0 Å². The van der Waals surface area contributed by atoms with E-state index in [1.807, 2.05) is 0 Å². The number of hydrogen-bond donors (Lipinski definition) is 1. The lowest BCUT2D eigenvalue weighted by atomic mass is 9.89. The fourth-order valence-electron chi connectivity index (χ4n) is 2.59. The van der Waals surface area contributed by atoms with Crippen molar-refractivity contribution in [2.75, 3.05) is 0 Å². The van der Waals surface area contributed by atoms with E-state index in [0.717, 1.165) is 18.9 Å². The maximum Gasteiger partial charge on any atom is 0.419 e. The lowest BCUT2D eigenvalue weighted by molar-refractivity contribution is -0.140. The van der Waals surface area contributed by atoms with Crippen LogP contribution in [0.15, 0.2) is 18.2 Å². The summed E-state index contributed by atoms with van der Waals surface area (Å²) >= 11 is 0. The molecule has 110 valence electrons. The number of Topliss-reactive ketones (excluding diaryl/α,β-unsaturated/α-hetero) is 1. The average molecular weight is 289 g/mol. The highest BCUT2D eigenvalue weighted by Gasteiger charge is 2.36. The van der Waals surface area contributed by atoms with E-state index < -0.39 is 28.9 Å². The Labute approximate surface area is 114 Å². The summed E-state index contributed by atoms with van der Waals surface area (Å²) < 4.78 is 50.9. The van der Waals surface area contributed by atoms with Gasteiger partial charge in [-0.1, -0.05) is 12.8 Å². The number of benzene rings is 1. The normalized spacial score (nSPS) is 18.2. The van der Waals surface area contributed by atoms with Crippen molar-refractivity contribution in [3.63, 3.8) is 0 Å². The molecule has 0 amide bonds. The SMILES string of the molecule is NC1(CC(=O)c2ccc(F)c(C(F)(F)F)c2)CCCC1. The molecule has 0 aromatic heterocycles. The third-order valence-electron chi connectivity index (χ3n) is 3.71. The van der Waals surface area contributed by atoms with Crippen molar-refractivity contribution < 1.29 is 22.4 Å². The van der Waals surface area contributed by atoms with Crippen LogP contribution in [0.1, 0.15) is 48.0 Å². The van der Waals surface area contributed by atoms with E-state index in [0.29, 0.717) is 25.0 Å². The zero-order chi connectivity index (χ0) is 15.0. The minimum atomic E-state index is -4.81. The van der Waals surface area contributed by atoms with Gasteiger partial charge < -0.3 is 5.73 Å². The number of carbonyl (C=O) groups is 1. The first-order valence-electron chi connectivity index (χ1n) is 6.40. The molecule has 1 aromatic rings. The minimum absolute atomic E-state index is 0.00404. The van der Waals surface area contributed by atoms with Crippen LogP contribution >= 0.6 is 0 Å². The summed E-state index contributed by atoms with van der Waals surface area (Å²) in [5, 5.41) is 0. The van der Waals surface area contributed by atoms with Crippen LogP contribution in [0, 0.1) is 5.82 Å². The van der Waals surface area contributed by atoms with Gasteiger partial charge in [0, 0.05) is 17.5 Å². The third kappa shape index (κ3) is 3.17. The molecule has 0 saturated heterocycles. The fraction of sp³-hybridized carbons (Fsp3) is 0.500. The van der Waals surface area contributed by atoms with E-state index in [4.69, 9.17) is 5.73 Å². The Morgan fingerprint density at radius 1 is 1.25 bits per heavy atom. The number of hydrogen-bond acceptors (Lipinski definition) is 2. The second kappa shape index (κ2) is 5.16. The number of carbonyl (C=O) groups excluding carboxylic acids is 1. The molecule has 0 heterocycles. The molecule has 6 heteroatoms. The molecule has 0 unspecified atom stereocenters. The van der Waals surface area contributed by atoms with Gasteiger partial charge in [0.25, 0.3) is 0 Å². The summed E-state index contributed by atoms with van der Waals surface area (Å²) in [7, 11) is 0. The number of ketones is 1. The van der Waals surface area contributed by atoms with Gasteiger partial charge in [0.1, 0.15) is 5.82 Å². The zero-order valence-corrected chi connectivity index (χ0v) is 10.8. The number of alkyl halides is 3. The molecule has 0 spiro atoms. The Hall–Kier alpha value is -1.43. The second-order valence-corrected chi connectivity index (χ2v) is 5.36. The molecule has 0 radical (unpaired) electrons. The molecule has 1 aliphatic carbocycles. The Balaban J connectivity index is 2.22. The van der Waals surface area contributed by atoms with Crippen LogP contribution < -0.4 is 5.73 Å². The summed E-state index contributed by atoms with van der Waals surface area (Å²) in [5.74, 6) is -1.85. The van der Waals surface area contributed by atoms with Crippen LogP contribution in [0.5, 0.6) is 0 Å². The van der Waals surface area contributed by atoms with Gasteiger partial charge in [-0.05, 0) is 31.0 Å². The maximum absolute atomic E-state index is 13.2. The third-order valence-corrected chi connectivity index (χ3v) is 3.71. The smallest absolute Gasteiger partial charge is 0.325 e. The van der Waals surface area contributed by atoms with Crippen molar-refractivity contribution in [1.82, 2.24) is 0 Å². The zero-order valence-electron chi connectivity index (χ0n) is 10.8. The highest BCUT2D eigenvalue weighted by Crippen LogP contribution is 2.34. The monoisotopic (exact) mass is 289 g/mol. The Morgan fingerprint density at radius 3 is 2.40 bits per heavy atom. The quantitative estimate of drug-likeness (QED) is 0.681. The van der Waals surface area contributed by atoms with E-state index in [-0.39, 0.29) is 12.0 Å². The van der Waals surface area contributed by atoms with Crippen molar-refractivity contribution in [3.05, 3.63) is 35.1 Å². The summed E-state index contributed by atoms with van der Waals surface area (Å²) in [5.41, 5.74) is 3.84. The van der Waals surface area contributed by atoms with E-state index >= 15 is 0 Å². The molecule has 1 saturated carbocycles. The summed E-state index contributed by atoms with van der Waals surface area (Å²) in [6.07, 6.45) is -1.61. The van der Waals surface area contributed by atoms with E-state index in [9.17, 15) is 22.4 Å². The molecular weight excluding hydrogens is 274 g/mol.